The van der Waals surface area contributed by atoms with Gasteiger partial charge in [-0.25, -0.2) is 9.78 Å². The van der Waals surface area contributed by atoms with Gasteiger partial charge in [0.05, 0.1) is 16.5 Å². The second-order valence-electron chi connectivity index (χ2n) is 6.31. The molecule has 1 heterocycles. The van der Waals surface area contributed by atoms with Crippen LogP contribution in [0.4, 0.5) is 0 Å². The van der Waals surface area contributed by atoms with E-state index in [2.05, 4.69) is 4.98 Å². The fourth-order valence-corrected chi connectivity index (χ4v) is 3.11. The van der Waals surface area contributed by atoms with Crippen molar-refractivity contribution in [3.8, 4) is 11.4 Å². The van der Waals surface area contributed by atoms with Crippen molar-refractivity contribution < 1.29 is 9.63 Å². The van der Waals surface area contributed by atoms with Crippen molar-refractivity contribution in [3.63, 3.8) is 0 Å². The summed E-state index contributed by atoms with van der Waals surface area (Å²) in [4.78, 5) is 35.7. The van der Waals surface area contributed by atoms with Gasteiger partial charge in [0.15, 0.2) is 5.82 Å². The summed E-state index contributed by atoms with van der Waals surface area (Å²) in [5.74, 6) is -0.446. The summed E-state index contributed by atoms with van der Waals surface area (Å²) in [6, 6.07) is 20.8. The average Bonchev–Trinajstić information content (AvgIpc) is 2.70. The smallest absolute Gasteiger partial charge is 0.326 e. The van der Waals surface area contributed by atoms with Crippen molar-refractivity contribution in [1.29, 1.82) is 0 Å². The molecule has 0 unspecified atom stereocenters. The summed E-state index contributed by atoms with van der Waals surface area (Å²) in [6.07, 6.45) is 0. The van der Waals surface area contributed by atoms with Crippen molar-refractivity contribution in [2.24, 2.45) is 0 Å². The number of halogens is 1. The molecule has 0 radical (unpaired) electrons. The molecular formula is C22H15ClN2O3. The Morgan fingerprint density at radius 3 is 2.57 bits per heavy atom. The largest absolute Gasteiger partial charge is 0.363 e. The van der Waals surface area contributed by atoms with Crippen LogP contribution >= 0.6 is 11.6 Å². The first-order valence-electron chi connectivity index (χ1n) is 8.60. The van der Waals surface area contributed by atoms with Crippen LogP contribution in [0.2, 0.25) is 5.02 Å². The molecule has 0 N–H and O–H groups in total. The topological polar surface area (TPSA) is 61.2 Å². The molecule has 0 saturated heterocycles. The Hall–Kier alpha value is -3.44. The summed E-state index contributed by atoms with van der Waals surface area (Å²) < 4.78 is 0.945. The van der Waals surface area contributed by atoms with E-state index in [0.29, 0.717) is 21.5 Å². The number of benzene rings is 3. The predicted octanol–water partition coefficient (Wildman–Crippen LogP) is 4.29. The zero-order valence-corrected chi connectivity index (χ0v) is 15.7. The number of hydrogen-bond acceptors (Lipinski definition) is 4. The lowest BCUT2D eigenvalue weighted by atomic mass is 10.1. The van der Waals surface area contributed by atoms with E-state index in [1.54, 1.807) is 42.5 Å². The number of aryl methyl sites for hydroxylation is 1. The first kappa shape index (κ1) is 17.9. The molecule has 6 heteroatoms. The first-order chi connectivity index (χ1) is 13.5. The lowest BCUT2D eigenvalue weighted by Gasteiger charge is -2.13. The summed E-state index contributed by atoms with van der Waals surface area (Å²) in [5.41, 5.74) is 1.97. The van der Waals surface area contributed by atoms with Gasteiger partial charge in [0.2, 0.25) is 0 Å². The third-order valence-electron chi connectivity index (χ3n) is 4.25. The van der Waals surface area contributed by atoms with Crippen LogP contribution in [-0.4, -0.2) is 15.7 Å². The van der Waals surface area contributed by atoms with Gasteiger partial charge in [-0.15, -0.1) is 4.73 Å². The zero-order valence-electron chi connectivity index (χ0n) is 14.9. The number of rotatable bonds is 3. The summed E-state index contributed by atoms with van der Waals surface area (Å²) >= 11 is 5.96. The fourth-order valence-electron chi connectivity index (χ4n) is 2.92. The van der Waals surface area contributed by atoms with E-state index >= 15 is 0 Å². The minimum atomic E-state index is -0.699. The van der Waals surface area contributed by atoms with Crippen LogP contribution in [0, 0.1) is 6.92 Å². The normalized spacial score (nSPS) is 10.8. The maximum Gasteiger partial charge on any atom is 0.363 e. The molecular weight excluding hydrogens is 376 g/mol. The maximum absolute atomic E-state index is 13.1. The van der Waals surface area contributed by atoms with E-state index in [-0.39, 0.29) is 11.4 Å². The minimum Gasteiger partial charge on any atom is -0.326 e. The highest BCUT2D eigenvalue weighted by atomic mass is 35.5. The van der Waals surface area contributed by atoms with Crippen molar-refractivity contribution in [2.45, 2.75) is 6.92 Å². The van der Waals surface area contributed by atoms with E-state index in [0.717, 1.165) is 10.3 Å². The SMILES string of the molecule is Cc1cccc(-c2nc3ccccc3c(=O)n2OC(=O)c2cccc(Cl)c2)c1. The molecule has 0 aliphatic carbocycles. The van der Waals surface area contributed by atoms with Gasteiger partial charge in [-0.2, -0.15) is 0 Å². The highest BCUT2D eigenvalue weighted by Crippen LogP contribution is 2.20. The molecule has 0 amide bonds. The quantitative estimate of drug-likeness (QED) is 0.523. The van der Waals surface area contributed by atoms with Crippen LogP contribution in [0.25, 0.3) is 22.3 Å². The molecule has 0 aliphatic rings. The highest BCUT2D eigenvalue weighted by molar-refractivity contribution is 6.30. The molecule has 0 aliphatic heterocycles. The lowest BCUT2D eigenvalue weighted by molar-refractivity contribution is 0.0449. The van der Waals surface area contributed by atoms with Gasteiger partial charge in [-0.3, -0.25) is 4.79 Å². The van der Waals surface area contributed by atoms with Crippen LogP contribution in [0.15, 0.2) is 77.6 Å². The number of hydrogen-bond donors (Lipinski definition) is 0. The van der Waals surface area contributed by atoms with Crippen LogP contribution in [-0.2, 0) is 0 Å². The second kappa shape index (κ2) is 7.29. The van der Waals surface area contributed by atoms with Gasteiger partial charge < -0.3 is 4.84 Å². The summed E-state index contributed by atoms with van der Waals surface area (Å²) in [7, 11) is 0. The predicted molar refractivity (Wildman–Crippen MR) is 109 cm³/mol. The van der Waals surface area contributed by atoms with E-state index in [4.69, 9.17) is 16.4 Å². The first-order valence-corrected chi connectivity index (χ1v) is 8.98. The molecule has 1 aromatic heterocycles. The Morgan fingerprint density at radius 1 is 1.00 bits per heavy atom. The van der Waals surface area contributed by atoms with Crippen molar-refractivity contribution >= 4 is 28.5 Å². The number of para-hydroxylation sites is 1. The number of fused-ring (bicyclic) bond motifs is 1. The number of carbonyl (C=O) groups is 1. The monoisotopic (exact) mass is 390 g/mol. The maximum atomic E-state index is 13.1. The van der Waals surface area contributed by atoms with Crippen LogP contribution in [0.3, 0.4) is 0 Å². The van der Waals surface area contributed by atoms with Gasteiger partial charge in [-0.1, -0.05) is 53.6 Å². The molecule has 0 fully saturated rings. The fraction of sp³-hybridized carbons (Fsp3) is 0.0455. The Balaban J connectivity index is 1.90. The standard InChI is InChI=1S/C22H15ClN2O3/c1-14-6-4-7-15(12-14)20-24-19-11-3-2-10-18(19)21(26)25(20)28-22(27)16-8-5-9-17(23)13-16/h2-13H,1H3. The molecule has 4 rings (SSSR count). The van der Waals surface area contributed by atoms with E-state index < -0.39 is 11.5 Å². The molecule has 138 valence electrons. The average molecular weight is 391 g/mol. The third kappa shape index (κ3) is 3.40. The van der Waals surface area contributed by atoms with Gasteiger partial charge in [-0.05, 0) is 43.3 Å². The highest BCUT2D eigenvalue weighted by Gasteiger charge is 2.18. The second-order valence-corrected chi connectivity index (χ2v) is 6.75. The van der Waals surface area contributed by atoms with Gasteiger partial charge in [0, 0.05) is 10.6 Å². The minimum absolute atomic E-state index is 0.239. The van der Waals surface area contributed by atoms with E-state index in [1.807, 2.05) is 31.2 Å². The molecule has 4 aromatic rings. The van der Waals surface area contributed by atoms with Crippen molar-refractivity contribution in [2.75, 3.05) is 0 Å². The molecule has 28 heavy (non-hydrogen) atoms. The summed E-state index contributed by atoms with van der Waals surface area (Å²) in [6.45, 7) is 1.94. The lowest BCUT2D eigenvalue weighted by Crippen LogP contribution is -2.33. The van der Waals surface area contributed by atoms with E-state index in [9.17, 15) is 9.59 Å². The van der Waals surface area contributed by atoms with E-state index in [1.165, 1.54) is 6.07 Å². The zero-order chi connectivity index (χ0) is 19.7. The van der Waals surface area contributed by atoms with Gasteiger partial charge >= 0.3 is 5.97 Å². The van der Waals surface area contributed by atoms with Gasteiger partial charge in [0.1, 0.15) is 0 Å². The van der Waals surface area contributed by atoms with Gasteiger partial charge in [0.25, 0.3) is 5.56 Å². The third-order valence-corrected chi connectivity index (χ3v) is 4.48. The molecule has 0 bridgehead atoms. The molecule has 0 atom stereocenters. The van der Waals surface area contributed by atoms with Crippen LogP contribution in [0.1, 0.15) is 15.9 Å². The van der Waals surface area contributed by atoms with Crippen LogP contribution < -0.4 is 10.4 Å². The molecule has 5 nitrogen and oxygen atoms in total. The number of nitrogens with zero attached hydrogens (tertiary/aromatic N) is 2. The molecule has 3 aromatic carbocycles. The Labute approximate surface area is 165 Å². The van der Waals surface area contributed by atoms with Crippen molar-refractivity contribution in [3.05, 3.63) is 99.3 Å². The number of aromatic nitrogens is 2. The molecule has 0 spiro atoms. The van der Waals surface area contributed by atoms with Crippen LogP contribution in [0.5, 0.6) is 0 Å². The Kier molecular flexibility index (Phi) is 4.67. The summed E-state index contributed by atoms with van der Waals surface area (Å²) in [5, 5.41) is 0.759. The molecule has 0 saturated carbocycles. The Morgan fingerprint density at radius 2 is 1.79 bits per heavy atom. The van der Waals surface area contributed by atoms with Crippen molar-refractivity contribution in [1.82, 2.24) is 9.71 Å². The Bertz CT molecular complexity index is 1260. The number of carbonyl (C=O) groups excluding carboxylic acids is 1.